The normalized spacial score (nSPS) is 14.5. The minimum absolute atomic E-state index is 0.0597. The van der Waals surface area contributed by atoms with Gasteiger partial charge < -0.3 is 9.52 Å². The van der Waals surface area contributed by atoms with Gasteiger partial charge in [-0.05, 0) is 54.8 Å². The van der Waals surface area contributed by atoms with Gasteiger partial charge in [0, 0.05) is 16.4 Å². The first-order valence-corrected chi connectivity index (χ1v) is 9.43. The fraction of sp³-hybridized carbons (Fsp3) is 0.120. The number of ketones is 1. The van der Waals surface area contributed by atoms with E-state index in [0.717, 1.165) is 22.1 Å². The molecule has 0 spiro atoms. The van der Waals surface area contributed by atoms with E-state index in [9.17, 15) is 14.7 Å². The van der Waals surface area contributed by atoms with Crippen LogP contribution in [-0.2, 0) is 5.41 Å². The van der Waals surface area contributed by atoms with Crippen LogP contribution in [0.25, 0.3) is 22.1 Å². The highest BCUT2D eigenvalue weighted by Crippen LogP contribution is 2.46. The molecule has 1 N–H and O–H groups in total. The average Bonchev–Trinajstić information content (AvgIpc) is 3.13. The van der Waals surface area contributed by atoms with Crippen molar-refractivity contribution in [2.45, 2.75) is 19.3 Å². The van der Waals surface area contributed by atoms with E-state index in [2.05, 4.69) is 13.8 Å². The lowest BCUT2D eigenvalue weighted by Crippen LogP contribution is -2.29. The number of benzene rings is 3. The summed E-state index contributed by atoms with van der Waals surface area (Å²) in [6, 6.07) is 20.1. The quantitative estimate of drug-likeness (QED) is 0.485. The van der Waals surface area contributed by atoms with Crippen molar-refractivity contribution >= 4 is 22.7 Å². The summed E-state index contributed by atoms with van der Waals surface area (Å²) >= 11 is 0. The van der Waals surface area contributed by atoms with E-state index >= 15 is 0 Å². The molecule has 4 nitrogen and oxygen atoms in total. The number of furan rings is 1. The SMILES string of the molecule is CC1(C)c2ccc(-c3cccc(C(=O)O)c3)cc2C(=O)c2c1oc1ccccc21. The van der Waals surface area contributed by atoms with E-state index < -0.39 is 11.4 Å². The van der Waals surface area contributed by atoms with Gasteiger partial charge in [0.05, 0.1) is 11.1 Å². The van der Waals surface area contributed by atoms with Crippen molar-refractivity contribution in [3.8, 4) is 11.1 Å². The molecule has 142 valence electrons. The molecule has 0 radical (unpaired) electrons. The second kappa shape index (κ2) is 5.92. The summed E-state index contributed by atoms with van der Waals surface area (Å²) in [5.74, 6) is -0.344. The summed E-state index contributed by atoms with van der Waals surface area (Å²) in [6.07, 6.45) is 0. The van der Waals surface area contributed by atoms with Gasteiger partial charge in [-0.1, -0.05) is 42.5 Å². The fourth-order valence-corrected chi connectivity index (χ4v) is 4.26. The largest absolute Gasteiger partial charge is 0.478 e. The van der Waals surface area contributed by atoms with Crippen molar-refractivity contribution in [1.82, 2.24) is 0 Å². The summed E-state index contributed by atoms with van der Waals surface area (Å²) in [6.45, 7) is 4.12. The molecular weight excluding hydrogens is 364 g/mol. The Kier molecular flexibility index (Phi) is 3.56. The smallest absolute Gasteiger partial charge is 0.335 e. The maximum absolute atomic E-state index is 13.5. The highest BCUT2D eigenvalue weighted by Gasteiger charge is 2.41. The first-order chi connectivity index (χ1) is 13.9. The predicted molar refractivity (Wildman–Crippen MR) is 111 cm³/mol. The minimum Gasteiger partial charge on any atom is -0.478 e. The Morgan fingerprint density at radius 1 is 0.931 bits per heavy atom. The molecule has 1 aliphatic rings. The number of carbonyl (C=O) groups is 2. The van der Waals surface area contributed by atoms with Crippen LogP contribution in [0, 0.1) is 0 Å². The van der Waals surface area contributed by atoms with Gasteiger partial charge in [-0.25, -0.2) is 4.79 Å². The van der Waals surface area contributed by atoms with Gasteiger partial charge in [0.2, 0.25) is 0 Å². The molecular formula is C25H18O4. The number of para-hydroxylation sites is 1. The van der Waals surface area contributed by atoms with Gasteiger partial charge in [-0.15, -0.1) is 0 Å². The van der Waals surface area contributed by atoms with Crippen LogP contribution in [0.3, 0.4) is 0 Å². The number of hydrogen-bond donors (Lipinski definition) is 1. The van der Waals surface area contributed by atoms with Gasteiger partial charge in [0.25, 0.3) is 0 Å². The molecule has 0 saturated heterocycles. The molecule has 0 unspecified atom stereocenters. The Bertz CT molecular complexity index is 1320. The third-order valence-corrected chi connectivity index (χ3v) is 5.77. The number of fused-ring (bicyclic) bond motifs is 4. The van der Waals surface area contributed by atoms with Crippen molar-refractivity contribution in [3.05, 3.63) is 94.7 Å². The highest BCUT2D eigenvalue weighted by molar-refractivity contribution is 6.19. The number of carbonyl (C=O) groups excluding carboxylic acids is 1. The van der Waals surface area contributed by atoms with E-state index in [4.69, 9.17) is 4.42 Å². The van der Waals surface area contributed by atoms with E-state index in [1.165, 1.54) is 0 Å². The molecule has 29 heavy (non-hydrogen) atoms. The first kappa shape index (κ1) is 17.4. The fourth-order valence-electron chi connectivity index (χ4n) is 4.26. The molecule has 0 bridgehead atoms. The Labute approximate surface area is 167 Å². The second-order valence-corrected chi connectivity index (χ2v) is 7.90. The highest BCUT2D eigenvalue weighted by atomic mass is 16.4. The predicted octanol–water partition coefficient (Wildman–Crippen LogP) is 5.67. The van der Waals surface area contributed by atoms with Crippen molar-refractivity contribution in [2.24, 2.45) is 0 Å². The zero-order chi connectivity index (χ0) is 20.3. The molecule has 1 aliphatic carbocycles. The zero-order valence-corrected chi connectivity index (χ0v) is 16.0. The van der Waals surface area contributed by atoms with Gasteiger partial charge in [0.15, 0.2) is 5.78 Å². The third-order valence-electron chi connectivity index (χ3n) is 5.77. The Morgan fingerprint density at radius 3 is 2.48 bits per heavy atom. The summed E-state index contributed by atoms with van der Waals surface area (Å²) < 4.78 is 6.10. The number of carboxylic acids is 1. The maximum Gasteiger partial charge on any atom is 0.335 e. The van der Waals surface area contributed by atoms with E-state index in [0.29, 0.717) is 22.5 Å². The number of hydrogen-bond acceptors (Lipinski definition) is 3. The zero-order valence-electron chi connectivity index (χ0n) is 16.0. The summed E-state index contributed by atoms with van der Waals surface area (Å²) in [5.41, 5.74) is 4.21. The molecule has 4 heteroatoms. The Balaban J connectivity index is 1.72. The van der Waals surface area contributed by atoms with Crippen LogP contribution < -0.4 is 0 Å². The van der Waals surface area contributed by atoms with Crippen LogP contribution >= 0.6 is 0 Å². The van der Waals surface area contributed by atoms with Crippen LogP contribution in [0.2, 0.25) is 0 Å². The molecule has 3 aromatic carbocycles. The van der Waals surface area contributed by atoms with Gasteiger partial charge in [0.1, 0.15) is 11.3 Å². The monoisotopic (exact) mass is 382 g/mol. The number of carboxylic acid groups (broad SMARTS) is 1. The van der Waals surface area contributed by atoms with Crippen molar-refractivity contribution in [3.63, 3.8) is 0 Å². The summed E-state index contributed by atoms with van der Waals surface area (Å²) in [7, 11) is 0. The first-order valence-electron chi connectivity index (χ1n) is 9.43. The Hall–Kier alpha value is -3.66. The van der Waals surface area contributed by atoms with E-state index in [-0.39, 0.29) is 11.3 Å². The third kappa shape index (κ3) is 2.46. The van der Waals surface area contributed by atoms with Gasteiger partial charge in [-0.3, -0.25) is 4.79 Å². The van der Waals surface area contributed by atoms with Gasteiger partial charge >= 0.3 is 5.97 Å². The van der Waals surface area contributed by atoms with Crippen molar-refractivity contribution in [1.29, 1.82) is 0 Å². The van der Waals surface area contributed by atoms with Crippen LogP contribution in [0.4, 0.5) is 0 Å². The average molecular weight is 382 g/mol. The van der Waals surface area contributed by atoms with Gasteiger partial charge in [-0.2, -0.15) is 0 Å². The van der Waals surface area contributed by atoms with Crippen molar-refractivity contribution < 1.29 is 19.1 Å². The summed E-state index contributed by atoms with van der Waals surface area (Å²) in [5, 5.41) is 10.1. The molecule has 1 heterocycles. The molecule has 1 aromatic heterocycles. The molecule has 4 aromatic rings. The van der Waals surface area contributed by atoms with Crippen LogP contribution in [0.5, 0.6) is 0 Å². The standard InChI is InChI=1S/C25H18O4/c1-25(2)19-11-10-15(14-6-5-7-16(12-14)24(27)28)13-18(19)22(26)21-17-8-3-4-9-20(17)29-23(21)25/h3-13H,1-2H3,(H,27,28). The lowest BCUT2D eigenvalue weighted by Gasteiger charge is -2.30. The van der Waals surface area contributed by atoms with E-state index in [1.807, 2.05) is 48.5 Å². The topological polar surface area (TPSA) is 67.5 Å². The molecule has 5 rings (SSSR count). The molecule has 0 atom stereocenters. The Morgan fingerprint density at radius 2 is 1.69 bits per heavy atom. The van der Waals surface area contributed by atoms with Crippen molar-refractivity contribution in [2.75, 3.05) is 0 Å². The lowest BCUT2D eigenvalue weighted by molar-refractivity contribution is 0.0696. The molecule has 0 aliphatic heterocycles. The number of rotatable bonds is 2. The van der Waals surface area contributed by atoms with Crippen LogP contribution in [-0.4, -0.2) is 16.9 Å². The van der Waals surface area contributed by atoms with Crippen LogP contribution in [0.1, 0.15) is 51.5 Å². The second-order valence-electron chi connectivity index (χ2n) is 7.90. The molecule has 0 saturated carbocycles. The van der Waals surface area contributed by atoms with Crippen LogP contribution in [0.15, 0.2) is 71.1 Å². The minimum atomic E-state index is -0.975. The molecule has 0 amide bonds. The van der Waals surface area contributed by atoms with E-state index in [1.54, 1.807) is 18.2 Å². The summed E-state index contributed by atoms with van der Waals surface area (Å²) in [4.78, 5) is 24.8. The lowest BCUT2D eigenvalue weighted by atomic mass is 9.71. The maximum atomic E-state index is 13.5. The molecule has 0 fully saturated rings. The number of aromatic carboxylic acids is 1.